The van der Waals surface area contributed by atoms with Gasteiger partial charge in [-0.05, 0) is 63.1 Å². The number of aliphatic hydroxyl groups is 1. The van der Waals surface area contributed by atoms with Gasteiger partial charge >= 0.3 is 0 Å². The third kappa shape index (κ3) is 4.16. The topological polar surface area (TPSA) is 41.3 Å². The van der Waals surface area contributed by atoms with E-state index in [-0.39, 0.29) is 5.82 Å². The summed E-state index contributed by atoms with van der Waals surface area (Å²) >= 11 is 0. The van der Waals surface area contributed by atoms with Crippen molar-refractivity contribution in [1.82, 2.24) is 14.7 Å². The molecule has 1 fully saturated rings. The van der Waals surface area contributed by atoms with Crippen molar-refractivity contribution in [3.63, 3.8) is 0 Å². The van der Waals surface area contributed by atoms with Crippen molar-refractivity contribution in [3.8, 4) is 16.9 Å². The van der Waals surface area contributed by atoms with E-state index in [0.717, 1.165) is 47.5 Å². The lowest BCUT2D eigenvalue weighted by Crippen LogP contribution is -2.45. The molecule has 4 rings (SSSR count). The average Bonchev–Trinajstić information content (AvgIpc) is 3.05. The molecule has 1 atom stereocenters. The molecule has 2 aromatic carbocycles. The number of nitrogens with zero attached hydrogens (tertiary/aromatic N) is 3. The molecule has 1 saturated heterocycles. The molecular formula is C23H26FN3O. The van der Waals surface area contributed by atoms with Crippen LogP contribution in [0.25, 0.3) is 16.9 Å². The fourth-order valence-electron chi connectivity index (χ4n) is 4.01. The van der Waals surface area contributed by atoms with Crippen LogP contribution >= 0.6 is 0 Å². The van der Waals surface area contributed by atoms with Crippen molar-refractivity contribution < 1.29 is 9.50 Å². The summed E-state index contributed by atoms with van der Waals surface area (Å²) in [4.78, 5) is 2.25. The molecule has 0 spiro atoms. The molecule has 0 saturated carbocycles. The third-order valence-corrected chi connectivity index (χ3v) is 5.30. The molecule has 5 heteroatoms. The Kier molecular flexibility index (Phi) is 5.04. The van der Waals surface area contributed by atoms with Crippen molar-refractivity contribution in [3.05, 3.63) is 71.7 Å². The van der Waals surface area contributed by atoms with Crippen LogP contribution in [-0.4, -0.2) is 38.5 Å². The lowest BCUT2D eigenvalue weighted by molar-refractivity contribution is -0.0181. The Morgan fingerprint density at radius 2 is 2.00 bits per heavy atom. The molecule has 28 heavy (non-hydrogen) atoms. The van der Waals surface area contributed by atoms with Crippen molar-refractivity contribution >= 4 is 0 Å². The molecule has 2 heterocycles. The molecule has 0 radical (unpaired) electrons. The smallest absolute Gasteiger partial charge is 0.123 e. The molecule has 0 unspecified atom stereocenters. The first kappa shape index (κ1) is 18.8. The molecule has 146 valence electrons. The largest absolute Gasteiger partial charge is 0.389 e. The summed E-state index contributed by atoms with van der Waals surface area (Å²) in [5, 5.41) is 15.2. The molecule has 0 aliphatic carbocycles. The Balaban J connectivity index is 1.72. The minimum absolute atomic E-state index is 0.269. The van der Waals surface area contributed by atoms with Gasteiger partial charge in [0.1, 0.15) is 5.82 Å². The van der Waals surface area contributed by atoms with Crippen LogP contribution in [0.5, 0.6) is 0 Å². The summed E-state index contributed by atoms with van der Waals surface area (Å²) in [6.07, 6.45) is 3.81. The van der Waals surface area contributed by atoms with Gasteiger partial charge in [-0.25, -0.2) is 9.07 Å². The highest BCUT2D eigenvalue weighted by Gasteiger charge is 2.29. The van der Waals surface area contributed by atoms with E-state index in [2.05, 4.69) is 24.0 Å². The molecule has 1 aliphatic rings. The Morgan fingerprint density at radius 3 is 2.75 bits per heavy atom. The number of piperidine rings is 1. The van der Waals surface area contributed by atoms with E-state index >= 15 is 0 Å². The van der Waals surface area contributed by atoms with Crippen molar-refractivity contribution in [2.75, 3.05) is 13.1 Å². The van der Waals surface area contributed by atoms with E-state index in [0.29, 0.717) is 13.1 Å². The van der Waals surface area contributed by atoms with Crippen LogP contribution in [0.3, 0.4) is 0 Å². The van der Waals surface area contributed by atoms with Crippen LogP contribution in [0.1, 0.15) is 30.9 Å². The van der Waals surface area contributed by atoms with Crippen LogP contribution in [-0.2, 0) is 6.54 Å². The number of β-amino-alcohol motifs (C(OH)–C–C–N with tert-alkyl or cyclic N) is 1. The standard InChI is InChI=1S/C23H26FN3O/c1-17-6-3-9-21(12-17)27-15-19(14-26-11-5-10-23(2,28)16-26)22(25-27)18-7-4-8-20(24)13-18/h3-4,6-9,12-13,15,28H,5,10-11,14,16H2,1-2H3/t23-/m1/s1. The van der Waals surface area contributed by atoms with Crippen LogP contribution in [0, 0.1) is 12.7 Å². The summed E-state index contributed by atoms with van der Waals surface area (Å²) < 4.78 is 15.7. The zero-order valence-corrected chi connectivity index (χ0v) is 16.4. The van der Waals surface area contributed by atoms with Gasteiger partial charge in [-0.2, -0.15) is 5.10 Å². The van der Waals surface area contributed by atoms with Crippen LogP contribution in [0.4, 0.5) is 4.39 Å². The maximum Gasteiger partial charge on any atom is 0.123 e. The van der Waals surface area contributed by atoms with Gasteiger partial charge in [0.15, 0.2) is 0 Å². The van der Waals surface area contributed by atoms with Gasteiger partial charge < -0.3 is 5.11 Å². The van der Waals surface area contributed by atoms with Gasteiger partial charge in [0, 0.05) is 30.4 Å². The van der Waals surface area contributed by atoms with Crippen molar-refractivity contribution in [2.45, 2.75) is 38.8 Å². The summed E-state index contributed by atoms with van der Waals surface area (Å²) in [6, 6.07) is 14.7. The van der Waals surface area contributed by atoms with Gasteiger partial charge in [0.05, 0.1) is 17.0 Å². The molecule has 3 aromatic rings. The highest BCUT2D eigenvalue weighted by molar-refractivity contribution is 5.63. The lowest BCUT2D eigenvalue weighted by atomic mass is 9.94. The maximum atomic E-state index is 13.8. The first-order chi connectivity index (χ1) is 13.4. The van der Waals surface area contributed by atoms with E-state index in [1.807, 2.05) is 36.0 Å². The second kappa shape index (κ2) is 7.49. The minimum atomic E-state index is -0.663. The quantitative estimate of drug-likeness (QED) is 0.733. The number of halogens is 1. The van der Waals surface area contributed by atoms with Gasteiger partial charge in [-0.15, -0.1) is 0 Å². The Hall–Kier alpha value is -2.50. The fraction of sp³-hybridized carbons (Fsp3) is 0.348. The average molecular weight is 379 g/mol. The summed E-state index contributed by atoms with van der Waals surface area (Å²) in [5.41, 5.74) is 4.06. The number of rotatable bonds is 4. The number of hydrogen-bond donors (Lipinski definition) is 1. The molecule has 0 bridgehead atoms. The highest BCUT2D eigenvalue weighted by atomic mass is 19.1. The fourth-order valence-corrected chi connectivity index (χ4v) is 4.01. The normalized spacial score (nSPS) is 20.4. The summed E-state index contributed by atoms with van der Waals surface area (Å²) in [7, 11) is 0. The first-order valence-corrected chi connectivity index (χ1v) is 9.76. The van der Waals surface area contributed by atoms with E-state index < -0.39 is 5.60 Å². The number of aromatic nitrogens is 2. The number of likely N-dealkylation sites (tertiary alicyclic amines) is 1. The summed E-state index contributed by atoms with van der Waals surface area (Å²) in [6.45, 7) is 6.19. The second-order valence-corrected chi connectivity index (χ2v) is 8.11. The molecular weight excluding hydrogens is 353 g/mol. The molecule has 1 aromatic heterocycles. The van der Waals surface area contributed by atoms with Gasteiger partial charge in [-0.3, -0.25) is 4.90 Å². The van der Waals surface area contributed by atoms with Gasteiger partial charge in [0.2, 0.25) is 0 Å². The number of aryl methyl sites for hydroxylation is 1. The molecule has 1 aliphatic heterocycles. The predicted octanol–water partition coefficient (Wildman–Crippen LogP) is 4.33. The monoisotopic (exact) mass is 379 g/mol. The molecule has 0 amide bonds. The number of benzene rings is 2. The van der Waals surface area contributed by atoms with Gasteiger partial charge in [-0.1, -0.05) is 24.3 Å². The molecule has 1 N–H and O–H groups in total. The zero-order valence-electron chi connectivity index (χ0n) is 16.4. The Morgan fingerprint density at radius 1 is 1.18 bits per heavy atom. The third-order valence-electron chi connectivity index (χ3n) is 5.30. The van der Waals surface area contributed by atoms with E-state index in [4.69, 9.17) is 5.10 Å². The Labute approximate surface area is 165 Å². The van der Waals surface area contributed by atoms with E-state index in [9.17, 15) is 9.50 Å². The minimum Gasteiger partial charge on any atom is -0.389 e. The number of hydrogen-bond acceptors (Lipinski definition) is 3. The first-order valence-electron chi connectivity index (χ1n) is 9.76. The Bertz CT molecular complexity index is 979. The highest BCUT2D eigenvalue weighted by Crippen LogP contribution is 2.28. The van der Waals surface area contributed by atoms with Crippen molar-refractivity contribution in [1.29, 1.82) is 0 Å². The predicted molar refractivity (Wildman–Crippen MR) is 109 cm³/mol. The van der Waals surface area contributed by atoms with E-state index in [1.165, 1.54) is 12.1 Å². The molecule has 4 nitrogen and oxygen atoms in total. The SMILES string of the molecule is Cc1cccc(-n2cc(CN3CCC[C@@](C)(O)C3)c(-c3cccc(F)c3)n2)c1. The van der Waals surface area contributed by atoms with Crippen LogP contribution < -0.4 is 0 Å². The van der Waals surface area contributed by atoms with Gasteiger partial charge in [0.25, 0.3) is 0 Å². The zero-order chi connectivity index (χ0) is 19.7. The summed E-state index contributed by atoms with van der Waals surface area (Å²) in [5.74, 6) is -0.269. The maximum absolute atomic E-state index is 13.8. The second-order valence-electron chi connectivity index (χ2n) is 8.11. The van der Waals surface area contributed by atoms with E-state index in [1.54, 1.807) is 6.07 Å². The van der Waals surface area contributed by atoms with Crippen molar-refractivity contribution in [2.24, 2.45) is 0 Å². The van der Waals surface area contributed by atoms with Crippen LogP contribution in [0.2, 0.25) is 0 Å². The van der Waals surface area contributed by atoms with Crippen LogP contribution in [0.15, 0.2) is 54.7 Å². The lowest BCUT2D eigenvalue weighted by Gasteiger charge is -2.36.